The number of hydrogen-bond donors (Lipinski definition) is 2. The summed E-state index contributed by atoms with van der Waals surface area (Å²) in [6, 6.07) is 6.86. The van der Waals surface area contributed by atoms with Crippen LogP contribution in [0.5, 0.6) is 0 Å². The van der Waals surface area contributed by atoms with Crippen LogP contribution < -0.4 is 10.5 Å². The van der Waals surface area contributed by atoms with Crippen LogP contribution in [0, 0.1) is 0 Å². The SMILES string of the molecule is NCc1ccccc1S(=O)(=O)NCCN1CCSCC1. The van der Waals surface area contributed by atoms with Crippen LogP contribution in [0.1, 0.15) is 5.56 Å². The van der Waals surface area contributed by atoms with Gasteiger partial charge in [-0.25, -0.2) is 13.1 Å². The molecule has 20 heavy (non-hydrogen) atoms. The van der Waals surface area contributed by atoms with E-state index in [0.717, 1.165) is 31.1 Å². The van der Waals surface area contributed by atoms with Gasteiger partial charge in [0.15, 0.2) is 0 Å². The van der Waals surface area contributed by atoms with Crippen molar-refractivity contribution in [2.24, 2.45) is 5.73 Å². The molecule has 0 amide bonds. The van der Waals surface area contributed by atoms with Gasteiger partial charge in [0.25, 0.3) is 0 Å². The Morgan fingerprint density at radius 1 is 1.25 bits per heavy atom. The molecule has 1 fully saturated rings. The Morgan fingerprint density at radius 3 is 2.65 bits per heavy atom. The van der Waals surface area contributed by atoms with Crippen molar-refractivity contribution < 1.29 is 8.42 Å². The predicted molar refractivity (Wildman–Crippen MR) is 83.3 cm³/mol. The van der Waals surface area contributed by atoms with Crippen LogP contribution in [0.2, 0.25) is 0 Å². The van der Waals surface area contributed by atoms with E-state index in [4.69, 9.17) is 5.73 Å². The smallest absolute Gasteiger partial charge is 0.240 e. The zero-order valence-electron chi connectivity index (χ0n) is 11.4. The molecule has 0 aliphatic carbocycles. The zero-order valence-corrected chi connectivity index (χ0v) is 13.0. The van der Waals surface area contributed by atoms with Gasteiger partial charge in [-0.1, -0.05) is 18.2 Å². The van der Waals surface area contributed by atoms with Crippen LogP contribution in [0.4, 0.5) is 0 Å². The molecule has 1 aliphatic heterocycles. The second-order valence-corrected chi connectivity index (χ2v) is 7.62. The fraction of sp³-hybridized carbons (Fsp3) is 0.538. The van der Waals surface area contributed by atoms with Crippen molar-refractivity contribution in [3.8, 4) is 0 Å². The van der Waals surface area contributed by atoms with Gasteiger partial charge >= 0.3 is 0 Å². The normalized spacial score (nSPS) is 17.2. The van der Waals surface area contributed by atoms with Gasteiger partial charge in [-0.15, -0.1) is 0 Å². The number of thioether (sulfide) groups is 1. The Hall–Kier alpha value is -0.600. The molecule has 0 radical (unpaired) electrons. The molecule has 0 atom stereocenters. The van der Waals surface area contributed by atoms with E-state index in [9.17, 15) is 8.42 Å². The lowest BCUT2D eigenvalue weighted by atomic mass is 10.2. The minimum absolute atomic E-state index is 0.223. The summed E-state index contributed by atoms with van der Waals surface area (Å²) in [6.45, 7) is 3.48. The highest BCUT2D eigenvalue weighted by Gasteiger charge is 2.17. The van der Waals surface area contributed by atoms with Gasteiger partial charge in [0, 0.05) is 44.2 Å². The minimum atomic E-state index is -3.47. The first-order valence-electron chi connectivity index (χ1n) is 6.71. The summed E-state index contributed by atoms with van der Waals surface area (Å²) in [5.41, 5.74) is 6.24. The predicted octanol–water partition coefficient (Wildman–Crippen LogP) is 0.472. The van der Waals surface area contributed by atoms with Gasteiger partial charge in [-0.2, -0.15) is 11.8 Å². The molecule has 7 heteroatoms. The molecule has 1 saturated heterocycles. The van der Waals surface area contributed by atoms with Crippen LogP contribution >= 0.6 is 11.8 Å². The van der Waals surface area contributed by atoms with Crippen molar-refractivity contribution >= 4 is 21.8 Å². The number of sulfonamides is 1. The van der Waals surface area contributed by atoms with Crippen molar-refractivity contribution in [3.63, 3.8) is 0 Å². The summed E-state index contributed by atoms with van der Waals surface area (Å²) in [5, 5.41) is 0. The van der Waals surface area contributed by atoms with E-state index in [0.29, 0.717) is 12.1 Å². The maximum absolute atomic E-state index is 12.3. The van der Waals surface area contributed by atoms with E-state index in [1.54, 1.807) is 24.3 Å². The highest BCUT2D eigenvalue weighted by Crippen LogP contribution is 2.14. The molecule has 0 bridgehead atoms. The summed E-state index contributed by atoms with van der Waals surface area (Å²) in [7, 11) is -3.47. The molecule has 0 saturated carbocycles. The largest absolute Gasteiger partial charge is 0.326 e. The van der Waals surface area contributed by atoms with Crippen LogP contribution in [0.15, 0.2) is 29.2 Å². The maximum atomic E-state index is 12.3. The van der Waals surface area contributed by atoms with Gasteiger partial charge in [0.1, 0.15) is 0 Å². The first kappa shape index (κ1) is 15.8. The zero-order chi connectivity index (χ0) is 14.4. The fourth-order valence-corrected chi connectivity index (χ4v) is 4.42. The lowest BCUT2D eigenvalue weighted by molar-refractivity contribution is 0.307. The fourth-order valence-electron chi connectivity index (χ4n) is 2.18. The molecule has 0 spiro atoms. The van der Waals surface area contributed by atoms with E-state index < -0.39 is 10.0 Å². The first-order valence-corrected chi connectivity index (χ1v) is 9.35. The number of benzene rings is 1. The van der Waals surface area contributed by atoms with Crippen molar-refractivity contribution in [1.29, 1.82) is 0 Å². The summed E-state index contributed by atoms with van der Waals surface area (Å²) in [4.78, 5) is 2.57. The van der Waals surface area contributed by atoms with Crippen molar-refractivity contribution in [2.75, 3.05) is 37.7 Å². The van der Waals surface area contributed by atoms with Crippen molar-refractivity contribution in [2.45, 2.75) is 11.4 Å². The standard InChI is InChI=1S/C13H21N3O2S2/c14-11-12-3-1-2-4-13(12)20(17,18)15-5-6-16-7-9-19-10-8-16/h1-4,15H,5-11,14H2. The summed E-state index contributed by atoms with van der Waals surface area (Å²) < 4.78 is 27.2. The molecule has 2 rings (SSSR count). The number of hydrogen-bond acceptors (Lipinski definition) is 5. The summed E-state index contributed by atoms with van der Waals surface area (Å²) in [5.74, 6) is 2.26. The molecule has 3 N–H and O–H groups in total. The molecule has 1 aromatic carbocycles. The minimum Gasteiger partial charge on any atom is -0.326 e. The summed E-state index contributed by atoms with van der Waals surface area (Å²) >= 11 is 1.95. The van der Waals surface area contributed by atoms with Crippen molar-refractivity contribution in [1.82, 2.24) is 9.62 Å². The van der Waals surface area contributed by atoms with Crippen LogP contribution in [-0.4, -0.2) is 51.0 Å². The average molecular weight is 315 g/mol. The third kappa shape index (κ3) is 4.20. The Balaban J connectivity index is 1.93. The number of nitrogens with one attached hydrogen (secondary N) is 1. The third-order valence-corrected chi connectivity index (χ3v) is 5.81. The molecule has 0 aromatic heterocycles. The molecule has 1 aromatic rings. The Bertz CT molecular complexity index is 528. The van der Waals surface area contributed by atoms with Gasteiger partial charge in [0.05, 0.1) is 4.90 Å². The Kier molecular flexibility index (Phi) is 5.86. The van der Waals surface area contributed by atoms with E-state index in [1.165, 1.54) is 0 Å². The third-order valence-electron chi connectivity index (χ3n) is 3.31. The summed E-state index contributed by atoms with van der Waals surface area (Å²) in [6.07, 6.45) is 0. The topological polar surface area (TPSA) is 75.4 Å². The molecule has 0 unspecified atom stereocenters. The van der Waals surface area contributed by atoms with Gasteiger partial charge in [-0.05, 0) is 11.6 Å². The first-order chi connectivity index (χ1) is 9.63. The molecule has 112 valence electrons. The average Bonchev–Trinajstić information content (AvgIpc) is 2.48. The van der Waals surface area contributed by atoms with Gasteiger partial charge in [0.2, 0.25) is 10.0 Å². The van der Waals surface area contributed by atoms with Crippen LogP contribution in [0.3, 0.4) is 0 Å². The molecule has 5 nitrogen and oxygen atoms in total. The van der Waals surface area contributed by atoms with Gasteiger partial charge in [-0.3, -0.25) is 0 Å². The van der Waals surface area contributed by atoms with Crippen LogP contribution in [-0.2, 0) is 16.6 Å². The molecular formula is C13H21N3O2S2. The lowest BCUT2D eigenvalue weighted by Crippen LogP contribution is -2.39. The molecular weight excluding hydrogens is 294 g/mol. The van der Waals surface area contributed by atoms with E-state index in [2.05, 4.69) is 9.62 Å². The highest BCUT2D eigenvalue weighted by molar-refractivity contribution is 7.99. The second kappa shape index (κ2) is 7.42. The number of nitrogens with zero attached hydrogens (tertiary/aromatic N) is 1. The highest BCUT2D eigenvalue weighted by atomic mass is 32.2. The van der Waals surface area contributed by atoms with E-state index in [1.807, 2.05) is 11.8 Å². The lowest BCUT2D eigenvalue weighted by Gasteiger charge is -2.26. The van der Waals surface area contributed by atoms with Crippen molar-refractivity contribution in [3.05, 3.63) is 29.8 Å². The monoisotopic (exact) mass is 315 g/mol. The van der Waals surface area contributed by atoms with Gasteiger partial charge < -0.3 is 10.6 Å². The van der Waals surface area contributed by atoms with Crippen LogP contribution in [0.25, 0.3) is 0 Å². The number of rotatable bonds is 6. The Labute approximate surface area is 125 Å². The Morgan fingerprint density at radius 2 is 1.95 bits per heavy atom. The molecule has 1 aliphatic rings. The molecule has 1 heterocycles. The number of nitrogens with two attached hydrogens (primary N) is 1. The second-order valence-electron chi connectivity index (χ2n) is 4.66. The van der Waals surface area contributed by atoms with E-state index in [-0.39, 0.29) is 11.4 Å². The van der Waals surface area contributed by atoms with E-state index >= 15 is 0 Å². The quantitative estimate of drug-likeness (QED) is 0.798. The maximum Gasteiger partial charge on any atom is 0.240 e.